The van der Waals surface area contributed by atoms with Crippen LogP contribution < -0.4 is 15.5 Å². The van der Waals surface area contributed by atoms with Gasteiger partial charge in [-0.15, -0.1) is 0 Å². The molecule has 2 rings (SSSR count). The molecule has 0 aromatic carbocycles. The first-order valence-electron chi connectivity index (χ1n) is 9.30. The highest BCUT2D eigenvalue weighted by Gasteiger charge is 2.25. The highest BCUT2D eigenvalue weighted by atomic mass is 19.1. The number of guanidine groups is 1. The highest BCUT2D eigenvalue weighted by Crippen LogP contribution is 2.20. The van der Waals surface area contributed by atoms with Gasteiger partial charge >= 0.3 is 0 Å². The number of hydrogen-bond acceptors (Lipinski definition) is 4. The van der Waals surface area contributed by atoms with Crippen molar-refractivity contribution in [2.75, 3.05) is 50.7 Å². The number of pyridine rings is 1. The fraction of sp³-hybridized carbons (Fsp3) is 0.667. The minimum Gasteiger partial charge on any atom is -0.357 e. The maximum atomic E-state index is 13.9. The van der Waals surface area contributed by atoms with Crippen LogP contribution >= 0.6 is 0 Å². The first-order chi connectivity index (χ1) is 12.2. The SMILES string of the molecule is CCNC(=NCCN(CC)CC)NC1CCN(c2ncccc2F)C1. The predicted octanol–water partition coefficient (Wildman–Crippen LogP) is 1.70. The molecule has 0 bridgehead atoms. The van der Waals surface area contributed by atoms with E-state index in [9.17, 15) is 4.39 Å². The Morgan fingerprint density at radius 1 is 1.40 bits per heavy atom. The van der Waals surface area contributed by atoms with Gasteiger partial charge in [-0.05, 0) is 38.6 Å². The zero-order chi connectivity index (χ0) is 18.1. The van der Waals surface area contributed by atoms with Gasteiger partial charge in [0.05, 0.1) is 6.54 Å². The second kappa shape index (κ2) is 10.2. The minimum absolute atomic E-state index is 0.243. The van der Waals surface area contributed by atoms with Crippen LogP contribution in [0.4, 0.5) is 10.2 Å². The molecule has 7 heteroatoms. The summed E-state index contributed by atoms with van der Waals surface area (Å²) < 4.78 is 13.9. The summed E-state index contributed by atoms with van der Waals surface area (Å²) in [7, 11) is 0. The molecule has 1 unspecified atom stereocenters. The van der Waals surface area contributed by atoms with E-state index in [-0.39, 0.29) is 11.9 Å². The number of nitrogens with one attached hydrogen (secondary N) is 2. The lowest BCUT2D eigenvalue weighted by atomic mass is 10.3. The number of aliphatic imine (C=N–C) groups is 1. The standard InChI is InChI=1S/C18H31FN6/c1-4-20-18(22-11-13-24(5-2)6-3)23-15-9-12-25(14-15)17-16(19)8-7-10-21-17/h7-8,10,15H,4-6,9,11-14H2,1-3H3,(H2,20,22,23). The van der Waals surface area contributed by atoms with Crippen LogP contribution in [0.1, 0.15) is 27.2 Å². The molecule has 0 amide bonds. The lowest BCUT2D eigenvalue weighted by Crippen LogP contribution is -2.45. The molecule has 1 aliphatic heterocycles. The third-order valence-electron chi connectivity index (χ3n) is 4.49. The molecule has 0 saturated carbocycles. The van der Waals surface area contributed by atoms with E-state index in [2.05, 4.69) is 46.3 Å². The molecule has 140 valence electrons. The van der Waals surface area contributed by atoms with Gasteiger partial charge in [0, 0.05) is 38.4 Å². The summed E-state index contributed by atoms with van der Waals surface area (Å²) in [6.45, 7) is 12.6. The smallest absolute Gasteiger partial charge is 0.191 e. The van der Waals surface area contributed by atoms with Crippen LogP contribution in [-0.2, 0) is 0 Å². The van der Waals surface area contributed by atoms with Gasteiger partial charge < -0.3 is 20.4 Å². The average Bonchev–Trinajstić information content (AvgIpc) is 3.07. The molecule has 2 N–H and O–H groups in total. The number of likely N-dealkylation sites (N-methyl/N-ethyl adjacent to an activating group) is 1. The number of anilines is 1. The summed E-state index contributed by atoms with van der Waals surface area (Å²) >= 11 is 0. The van der Waals surface area contributed by atoms with Crippen molar-refractivity contribution in [1.29, 1.82) is 0 Å². The maximum Gasteiger partial charge on any atom is 0.191 e. The van der Waals surface area contributed by atoms with E-state index in [0.717, 1.165) is 58.2 Å². The molecule has 0 aliphatic carbocycles. The van der Waals surface area contributed by atoms with Crippen LogP contribution in [0.25, 0.3) is 0 Å². The second-order valence-electron chi connectivity index (χ2n) is 6.17. The van der Waals surface area contributed by atoms with Crippen molar-refractivity contribution < 1.29 is 4.39 Å². The minimum atomic E-state index is -0.261. The summed E-state index contributed by atoms with van der Waals surface area (Å²) in [5, 5.41) is 6.77. The lowest BCUT2D eigenvalue weighted by molar-refractivity contribution is 0.313. The summed E-state index contributed by atoms with van der Waals surface area (Å²) in [5.74, 6) is 1.02. The van der Waals surface area contributed by atoms with Crippen molar-refractivity contribution in [3.63, 3.8) is 0 Å². The van der Waals surface area contributed by atoms with E-state index >= 15 is 0 Å². The van der Waals surface area contributed by atoms with Crippen molar-refractivity contribution in [3.8, 4) is 0 Å². The van der Waals surface area contributed by atoms with Crippen LogP contribution in [0.3, 0.4) is 0 Å². The van der Waals surface area contributed by atoms with Gasteiger partial charge in [-0.2, -0.15) is 0 Å². The zero-order valence-electron chi connectivity index (χ0n) is 15.6. The van der Waals surface area contributed by atoms with Crippen LogP contribution in [-0.4, -0.2) is 67.7 Å². The monoisotopic (exact) mass is 350 g/mol. The van der Waals surface area contributed by atoms with Crippen molar-refractivity contribution in [2.45, 2.75) is 33.2 Å². The molecule has 0 spiro atoms. The number of hydrogen-bond donors (Lipinski definition) is 2. The Kier molecular flexibility index (Phi) is 7.91. The largest absolute Gasteiger partial charge is 0.357 e. The molecular weight excluding hydrogens is 319 g/mol. The van der Waals surface area contributed by atoms with Gasteiger partial charge in [0.1, 0.15) is 0 Å². The molecule has 1 saturated heterocycles. The fourth-order valence-electron chi connectivity index (χ4n) is 3.04. The molecule has 1 aromatic heterocycles. The van der Waals surface area contributed by atoms with Gasteiger partial charge in [0.25, 0.3) is 0 Å². The predicted molar refractivity (Wildman–Crippen MR) is 102 cm³/mol. The normalized spacial score (nSPS) is 18.0. The van der Waals surface area contributed by atoms with Crippen molar-refractivity contribution in [1.82, 2.24) is 20.5 Å². The van der Waals surface area contributed by atoms with Gasteiger partial charge in [-0.1, -0.05) is 13.8 Å². The molecular formula is C18H31FN6. The zero-order valence-corrected chi connectivity index (χ0v) is 15.6. The molecule has 6 nitrogen and oxygen atoms in total. The number of aromatic nitrogens is 1. The Hall–Kier alpha value is -1.89. The average molecular weight is 350 g/mol. The summed E-state index contributed by atoms with van der Waals surface area (Å²) in [6, 6.07) is 3.32. The maximum absolute atomic E-state index is 13.9. The van der Waals surface area contributed by atoms with Gasteiger partial charge in [-0.25, -0.2) is 9.37 Å². The quantitative estimate of drug-likeness (QED) is 0.552. The third-order valence-corrected chi connectivity index (χ3v) is 4.49. The van der Waals surface area contributed by atoms with Crippen molar-refractivity contribution >= 4 is 11.8 Å². The van der Waals surface area contributed by atoms with Crippen LogP contribution in [0.15, 0.2) is 23.3 Å². The summed E-state index contributed by atoms with van der Waals surface area (Å²) in [5.41, 5.74) is 0. The van der Waals surface area contributed by atoms with E-state index in [1.807, 2.05) is 4.90 Å². The number of nitrogens with zero attached hydrogens (tertiary/aromatic N) is 4. The van der Waals surface area contributed by atoms with E-state index in [0.29, 0.717) is 5.82 Å². The van der Waals surface area contributed by atoms with Gasteiger partial charge in [-0.3, -0.25) is 4.99 Å². The summed E-state index contributed by atoms with van der Waals surface area (Å²) in [6.07, 6.45) is 2.58. The molecule has 1 fully saturated rings. The first kappa shape index (κ1) is 19.4. The fourth-order valence-corrected chi connectivity index (χ4v) is 3.04. The molecule has 25 heavy (non-hydrogen) atoms. The summed E-state index contributed by atoms with van der Waals surface area (Å²) in [4.78, 5) is 13.2. The third kappa shape index (κ3) is 5.85. The topological polar surface area (TPSA) is 55.8 Å². The Balaban J connectivity index is 1.88. The molecule has 0 radical (unpaired) electrons. The van der Waals surface area contributed by atoms with Crippen LogP contribution in [0.2, 0.25) is 0 Å². The molecule has 1 aliphatic rings. The Morgan fingerprint density at radius 2 is 2.20 bits per heavy atom. The second-order valence-corrected chi connectivity index (χ2v) is 6.17. The van der Waals surface area contributed by atoms with E-state index in [1.165, 1.54) is 6.07 Å². The van der Waals surface area contributed by atoms with Crippen LogP contribution in [0, 0.1) is 5.82 Å². The van der Waals surface area contributed by atoms with Gasteiger partial charge in [0.2, 0.25) is 0 Å². The Labute approximate surface area is 150 Å². The molecule has 1 aromatic rings. The van der Waals surface area contributed by atoms with E-state index < -0.39 is 0 Å². The number of rotatable bonds is 8. The number of halogens is 1. The van der Waals surface area contributed by atoms with Crippen molar-refractivity contribution in [3.05, 3.63) is 24.1 Å². The Morgan fingerprint density at radius 3 is 2.88 bits per heavy atom. The van der Waals surface area contributed by atoms with E-state index in [1.54, 1.807) is 12.3 Å². The highest BCUT2D eigenvalue weighted by molar-refractivity contribution is 5.80. The van der Waals surface area contributed by atoms with Crippen LogP contribution in [0.5, 0.6) is 0 Å². The molecule has 2 heterocycles. The van der Waals surface area contributed by atoms with Crippen molar-refractivity contribution in [2.24, 2.45) is 4.99 Å². The van der Waals surface area contributed by atoms with Gasteiger partial charge in [0.15, 0.2) is 17.6 Å². The molecule has 1 atom stereocenters. The van der Waals surface area contributed by atoms with E-state index in [4.69, 9.17) is 0 Å². The first-order valence-corrected chi connectivity index (χ1v) is 9.30. The Bertz CT molecular complexity index is 546. The lowest BCUT2D eigenvalue weighted by Gasteiger charge is -2.20.